The summed E-state index contributed by atoms with van der Waals surface area (Å²) in [7, 11) is 3.18. The highest BCUT2D eigenvalue weighted by Gasteiger charge is 2.16. The number of methoxy groups -OCH3 is 2. The molecule has 0 spiro atoms. The Kier molecular flexibility index (Phi) is 7.91. The zero-order valence-corrected chi connectivity index (χ0v) is 22.3. The summed E-state index contributed by atoms with van der Waals surface area (Å²) in [6.07, 6.45) is 0. The predicted molar refractivity (Wildman–Crippen MR) is 151 cm³/mol. The van der Waals surface area contributed by atoms with E-state index in [1.54, 1.807) is 14.2 Å². The number of hydrogen-bond acceptors (Lipinski definition) is 9. The van der Waals surface area contributed by atoms with Crippen LogP contribution in [0.4, 0.5) is 5.13 Å². The highest BCUT2D eigenvalue weighted by Crippen LogP contribution is 2.34. The van der Waals surface area contributed by atoms with E-state index in [1.807, 2.05) is 84.2 Å². The van der Waals surface area contributed by atoms with Gasteiger partial charge in [-0.05, 0) is 18.2 Å². The van der Waals surface area contributed by atoms with Crippen molar-refractivity contribution in [2.75, 3.05) is 25.3 Å². The van der Waals surface area contributed by atoms with E-state index in [-0.39, 0.29) is 11.7 Å². The lowest BCUT2D eigenvalue weighted by Crippen LogP contribution is -2.14. The zero-order chi connectivity index (χ0) is 26.3. The van der Waals surface area contributed by atoms with Crippen molar-refractivity contribution in [3.63, 3.8) is 0 Å². The minimum atomic E-state index is -0.208. The third-order valence-electron chi connectivity index (χ3n) is 5.52. The van der Waals surface area contributed by atoms with Crippen LogP contribution < -0.4 is 14.8 Å². The van der Waals surface area contributed by atoms with Crippen LogP contribution in [0.5, 0.6) is 11.5 Å². The Morgan fingerprint density at radius 3 is 2.18 bits per heavy atom. The molecular weight excluding hydrogens is 518 g/mol. The summed E-state index contributed by atoms with van der Waals surface area (Å²) in [4.78, 5) is 22.0. The number of thiazole rings is 1. The lowest BCUT2D eigenvalue weighted by molar-refractivity contribution is -0.113. The normalized spacial score (nSPS) is 10.7. The van der Waals surface area contributed by atoms with Crippen molar-refractivity contribution in [3.8, 4) is 45.3 Å². The molecule has 8 nitrogen and oxygen atoms in total. The van der Waals surface area contributed by atoms with Crippen molar-refractivity contribution in [3.05, 3.63) is 84.2 Å². The van der Waals surface area contributed by atoms with Crippen LogP contribution in [0.25, 0.3) is 33.8 Å². The second-order valence-electron chi connectivity index (χ2n) is 7.97. The van der Waals surface area contributed by atoms with Crippen molar-refractivity contribution in [1.29, 1.82) is 0 Å². The average molecular weight is 542 g/mol. The van der Waals surface area contributed by atoms with Crippen LogP contribution in [0.3, 0.4) is 0 Å². The Morgan fingerprint density at radius 2 is 1.50 bits per heavy atom. The van der Waals surface area contributed by atoms with E-state index in [2.05, 4.69) is 20.5 Å². The van der Waals surface area contributed by atoms with Crippen molar-refractivity contribution in [1.82, 2.24) is 20.2 Å². The summed E-state index contributed by atoms with van der Waals surface area (Å²) in [5.74, 6) is 1.16. The number of rotatable bonds is 9. The van der Waals surface area contributed by atoms with Crippen LogP contribution in [0.2, 0.25) is 0 Å². The molecule has 0 bridgehead atoms. The van der Waals surface area contributed by atoms with Gasteiger partial charge in [0.2, 0.25) is 11.1 Å². The van der Waals surface area contributed by atoms with E-state index >= 15 is 0 Å². The second kappa shape index (κ2) is 11.8. The van der Waals surface area contributed by atoms with Crippen LogP contribution >= 0.6 is 23.1 Å². The van der Waals surface area contributed by atoms with E-state index in [1.165, 1.54) is 23.1 Å². The van der Waals surface area contributed by atoms with Gasteiger partial charge >= 0.3 is 0 Å². The number of thioether (sulfide) groups is 1. The molecule has 0 fully saturated rings. The molecule has 2 aromatic heterocycles. The molecule has 2 heterocycles. The standard InChI is InChI=1S/C28H23N5O3S2/c1-35-22-14-13-20(15-23(22)36-2)21-16-37-27(29-21)30-24(34)17-38-28-31-25(18-9-5-3-6-10-18)26(32-33-28)19-11-7-4-8-12-19/h3-16H,17H2,1-2H3,(H,29,30,34). The highest BCUT2D eigenvalue weighted by atomic mass is 32.2. The average Bonchev–Trinajstić information content (AvgIpc) is 3.44. The molecule has 1 amide bonds. The Morgan fingerprint density at radius 1 is 0.816 bits per heavy atom. The van der Waals surface area contributed by atoms with Crippen LogP contribution in [-0.2, 0) is 4.79 Å². The maximum Gasteiger partial charge on any atom is 0.236 e. The highest BCUT2D eigenvalue weighted by molar-refractivity contribution is 7.99. The van der Waals surface area contributed by atoms with Gasteiger partial charge in [-0.2, -0.15) is 0 Å². The monoisotopic (exact) mass is 541 g/mol. The third kappa shape index (κ3) is 5.82. The largest absolute Gasteiger partial charge is 0.493 e. The quantitative estimate of drug-likeness (QED) is 0.224. The van der Waals surface area contributed by atoms with Crippen molar-refractivity contribution < 1.29 is 14.3 Å². The molecule has 0 unspecified atom stereocenters. The molecule has 1 N–H and O–H groups in total. The third-order valence-corrected chi connectivity index (χ3v) is 7.12. The predicted octanol–water partition coefficient (Wildman–Crippen LogP) is 6.08. The molecule has 5 rings (SSSR count). The van der Waals surface area contributed by atoms with Gasteiger partial charge in [-0.3, -0.25) is 4.79 Å². The molecule has 5 aromatic rings. The Bertz CT molecular complexity index is 1550. The Labute approximate surface area is 228 Å². The van der Waals surface area contributed by atoms with Gasteiger partial charge in [-0.15, -0.1) is 21.5 Å². The minimum Gasteiger partial charge on any atom is -0.493 e. The lowest BCUT2D eigenvalue weighted by atomic mass is 10.0. The zero-order valence-electron chi connectivity index (χ0n) is 20.6. The smallest absolute Gasteiger partial charge is 0.236 e. The molecule has 38 heavy (non-hydrogen) atoms. The molecule has 0 aliphatic heterocycles. The van der Waals surface area contributed by atoms with Crippen LogP contribution in [-0.4, -0.2) is 46.0 Å². The molecular formula is C28H23N5O3S2. The minimum absolute atomic E-state index is 0.117. The molecule has 0 aliphatic carbocycles. The van der Waals surface area contributed by atoms with Crippen molar-refractivity contribution in [2.45, 2.75) is 5.16 Å². The van der Waals surface area contributed by atoms with Gasteiger partial charge in [0, 0.05) is 22.1 Å². The number of aromatic nitrogens is 4. The first-order valence-corrected chi connectivity index (χ1v) is 13.5. The van der Waals surface area contributed by atoms with E-state index in [0.29, 0.717) is 33.2 Å². The Balaban J connectivity index is 1.28. The molecule has 0 atom stereocenters. The topological polar surface area (TPSA) is 99.1 Å². The summed E-state index contributed by atoms with van der Waals surface area (Å²) in [6.45, 7) is 0. The van der Waals surface area contributed by atoms with Crippen molar-refractivity contribution >= 4 is 34.1 Å². The molecule has 0 saturated heterocycles. The first-order valence-electron chi connectivity index (χ1n) is 11.6. The van der Waals surface area contributed by atoms with Gasteiger partial charge in [0.1, 0.15) is 11.4 Å². The fraction of sp³-hybridized carbons (Fsp3) is 0.107. The molecule has 10 heteroatoms. The fourth-order valence-corrected chi connectivity index (χ4v) is 5.03. The summed E-state index contributed by atoms with van der Waals surface area (Å²) >= 11 is 2.57. The first kappa shape index (κ1) is 25.4. The lowest BCUT2D eigenvalue weighted by Gasteiger charge is -2.09. The molecule has 0 aliphatic rings. The number of carbonyl (C=O) groups excluding carboxylic acids is 1. The van der Waals surface area contributed by atoms with E-state index in [9.17, 15) is 4.79 Å². The van der Waals surface area contributed by atoms with Gasteiger partial charge in [0.15, 0.2) is 16.6 Å². The Hall–Kier alpha value is -4.28. The first-order chi connectivity index (χ1) is 18.6. The maximum absolute atomic E-state index is 12.7. The SMILES string of the molecule is COc1ccc(-c2csc(NC(=O)CSc3nnc(-c4ccccc4)c(-c4ccccc4)n3)n2)cc1OC. The molecule has 3 aromatic carbocycles. The van der Waals surface area contributed by atoms with Crippen LogP contribution in [0.1, 0.15) is 0 Å². The van der Waals surface area contributed by atoms with Gasteiger partial charge in [-0.1, -0.05) is 72.4 Å². The molecule has 0 saturated carbocycles. The number of ether oxygens (including phenoxy) is 2. The van der Waals surface area contributed by atoms with E-state index in [0.717, 1.165) is 22.4 Å². The van der Waals surface area contributed by atoms with Crippen LogP contribution in [0, 0.1) is 0 Å². The number of nitrogens with zero attached hydrogens (tertiary/aromatic N) is 4. The molecule has 190 valence electrons. The summed E-state index contributed by atoms with van der Waals surface area (Å²) < 4.78 is 10.7. The number of benzene rings is 3. The van der Waals surface area contributed by atoms with Gasteiger partial charge in [-0.25, -0.2) is 9.97 Å². The van der Waals surface area contributed by atoms with Gasteiger partial charge in [0.25, 0.3) is 0 Å². The van der Waals surface area contributed by atoms with Crippen LogP contribution in [0.15, 0.2) is 89.4 Å². The van der Waals surface area contributed by atoms with Gasteiger partial charge in [0.05, 0.1) is 25.7 Å². The fourth-order valence-electron chi connectivity index (χ4n) is 3.70. The summed E-state index contributed by atoms with van der Waals surface area (Å²) in [5.41, 5.74) is 4.86. The number of anilines is 1. The number of nitrogens with one attached hydrogen (secondary N) is 1. The second-order valence-corrected chi connectivity index (χ2v) is 9.77. The van der Waals surface area contributed by atoms with E-state index < -0.39 is 0 Å². The summed E-state index contributed by atoms with van der Waals surface area (Å²) in [5, 5.41) is 14.4. The maximum atomic E-state index is 12.7. The number of amides is 1. The van der Waals surface area contributed by atoms with Gasteiger partial charge < -0.3 is 14.8 Å². The van der Waals surface area contributed by atoms with E-state index in [4.69, 9.17) is 14.5 Å². The number of hydrogen-bond donors (Lipinski definition) is 1. The summed E-state index contributed by atoms with van der Waals surface area (Å²) in [6, 6.07) is 25.2. The molecule has 0 radical (unpaired) electrons. The number of carbonyl (C=O) groups is 1. The van der Waals surface area contributed by atoms with Crippen molar-refractivity contribution in [2.24, 2.45) is 0 Å².